The summed E-state index contributed by atoms with van der Waals surface area (Å²) in [4.78, 5) is 13.0. The lowest BCUT2D eigenvalue weighted by Gasteiger charge is -2.13. The molecular weight excluding hydrogens is 212 g/mol. The molecule has 1 heterocycles. The molecule has 90 valence electrons. The van der Waals surface area contributed by atoms with E-state index in [2.05, 4.69) is 10.3 Å². The van der Waals surface area contributed by atoms with Gasteiger partial charge in [0.05, 0.1) is 19.3 Å². The van der Waals surface area contributed by atoms with E-state index in [-0.39, 0.29) is 12.3 Å². The second-order valence-corrected chi connectivity index (χ2v) is 3.37. The van der Waals surface area contributed by atoms with E-state index in [4.69, 9.17) is 10.9 Å². The normalized spacial score (nSPS) is 10.8. The zero-order valence-corrected chi connectivity index (χ0v) is 9.13. The van der Waals surface area contributed by atoms with Crippen LogP contribution in [-0.4, -0.2) is 57.7 Å². The fourth-order valence-electron chi connectivity index (χ4n) is 1.14. The van der Waals surface area contributed by atoms with Crippen molar-refractivity contribution in [3.63, 3.8) is 0 Å². The number of nitrogens with one attached hydrogen (secondary N) is 1. The summed E-state index contributed by atoms with van der Waals surface area (Å²) in [6, 6.07) is 0. The highest BCUT2D eigenvalue weighted by molar-refractivity contribution is 5.91. The molecule has 0 saturated heterocycles. The standard InChI is InChI=1S/C8H16N6O2/c1-13(4-5-15)2-3-14-6-7(11-12-14)8(16)10-9/h6,15H,2-5,9H2,1H3,(H,10,16). The number of rotatable bonds is 6. The summed E-state index contributed by atoms with van der Waals surface area (Å²) in [5.74, 6) is 4.50. The van der Waals surface area contributed by atoms with E-state index < -0.39 is 5.91 Å². The van der Waals surface area contributed by atoms with Crippen molar-refractivity contribution < 1.29 is 9.90 Å². The summed E-state index contributed by atoms with van der Waals surface area (Å²) in [5.41, 5.74) is 2.17. The first-order chi connectivity index (χ1) is 7.67. The Morgan fingerprint density at radius 2 is 2.44 bits per heavy atom. The predicted octanol–water partition coefficient (Wildman–Crippen LogP) is -2.19. The average molecular weight is 228 g/mol. The molecule has 0 aliphatic heterocycles. The Kier molecular flexibility index (Phi) is 4.83. The summed E-state index contributed by atoms with van der Waals surface area (Å²) < 4.78 is 1.55. The van der Waals surface area contributed by atoms with Gasteiger partial charge in [0.15, 0.2) is 5.69 Å². The van der Waals surface area contributed by atoms with Gasteiger partial charge in [-0.1, -0.05) is 5.21 Å². The van der Waals surface area contributed by atoms with Crippen LogP contribution in [0.5, 0.6) is 0 Å². The van der Waals surface area contributed by atoms with Gasteiger partial charge in [0.25, 0.3) is 5.91 Å². The topological polar surface area (TPSA) is 109 Å². The lowest BCUT2D eigenvalue weighted by atomic mass is 10.4. The lowest BCUT2D eigenvalue weighted by Crippen LogP contribution is -2.30. The predicted molar refractivity (Wildman–Crippen MR) is 56.3 cm³/mol. The third-order valence-corrected chi connectivity index (χ3v) is 2.09. The minimum atomic E-state index is -0.463. The van der Waals surface area contributed by atoms with Gasteiger partial charge in [0, 0.05) is 13.1 Å². The second-order valence-electron chi connectivity index (χ2n) is 3.37. The van der Waals surface area contributed by atoms with Crippen LogP contribution in [-0.2, 0) is 6.54 Å². The number of nitrogens with two attached hydrogens (primary N) is 1. The van der Waals surface area contributed by atoms with Gasteiger partial charge in [-0.05, 0) is 7.05 Å². The number of aliphatic hydroxyl groups is 1. The largest absolute Gasteiger partial charge is 0.395 e. The Morgan fingerprint density at radius 3 is 3.06 bits per heavy atom. The Morgan fingerprint density at radius 1 is 1.69 bits per heavy atom. The summed E-state index contributed by atoms with van der Waals surface area (Å²) in [6.45, 7) is 2.04. The molecular formula is C8H16N6O2. The van der Waals surface area contributed by atoms with Gasteiger partial charge >= 0.3 is 0 Å². The third-order valence-electron chi connectivity index (χ3n) is 2.09. The molecule has 1 aromatic rings. The SMILES string of the molecule is CN(CCO)CCn1cc(C(=O)NN)nn1. The molecule has 16 heavy (non-hydrogen) atoms. The van der Waals surface area contributed by atoms with E-state index in [1.54, 1.807) is 4.68 Å². The van der Waals surface area contributed by atoms with Crippen molar-refractivity contribution in [1.82, 2.24) is 25.3 Å². The maximum Gasteiger partial charge on any atom is 0.287 e. The van der Waals surface area contributed by atoms with Crippen molar-refractivity contribution in [2.75, 3.05) is 26.7 Å². The summed E-state index contributed by atoms with van der Waals surface area (Å²) in [6.07, 6.45) is 1.52. The number of likely N-dealkylation sites (N-methyl/N-ethyl adjacent to an activating group) is 1. The molecule has 0 radical (unpaired) electrons. The number of carbonyl (C=O) groups is 1. The van der Waals surface area contributed by atoms with E-state index >= 15 is 0 Å². The zero-order valence-electron chi connectivity index (χ0n) is 9.13. The first kappa shape index (κ1) is 12.6. The van der Waals surface area contributed by atoms with Gasteiger partial charge in [-0.2, -0.15) is 0 Å². The quantitative estimate of drug-likeness (QED) is 0.290. The van der Waals surface area contributed by atoms with Crippen molar-refractivity contribution >= 4 is 5.91 Å². The van der Waals surface area contributed by atoms with Crippen LogP contribution >= 0.6 is 0 Å². The van der Waals surface area contributed by atoms with Crippen LogP contribution in [0.4, 0.5) is 0 Å². The van der Waals surface area contributed by atoms with Crippen LogP contribution in [0.25, 0.3) is 0 Å². The molecule has 1 aromatic heterocycles. The summed E-state index contributed by atoms with van der Waals surface area (Å²) >= 11 is 0. The molecule has 0 fully saturated rings. The van der Waals surface area contributed by atoms with Crippen molar-refractivity contribution in [3.05, 3.63) is 11.9 Å². The van der Waals surface area contributed by atoms with Gasteiger partial charge in [0.1, 0.15) is 0 Å². The molecule has 8 nitrogen and oxygen atoms in total. The molecule has 0 unspecified atom stereocenters. The highest BCUT2D eigenvalue weighted by Crippen LogP contribution is 1.93. The first-order valence-corrected chi connectivity index (χ1v) is 4.88. The number of hydrogen-bond acceptors (Lipinski definition) is 6. The third kappa shape index (κ3) is 3.57. The number of carbonyl (C=O) groups excluding carboxylic acids is 1. The minimum absolute atomic E-state index is 0.120. The minimum Gasteiger partial charge on any atom is -0.395 e. The molecule has 0 bridgehead atoms. The van der Waals surface area contributed by atoms with E-state index in [9.17, 15) is 4.79 Å². The zero-order chi connectivity index (χ0) is 12.0. The molecule has 1 rings (SSSR count). The number of nitrogens with zero attached hydrogens (tertiary/aromatic N) is 4. The number of aromatic nitrogens is 3. The lowest BCUT2D eigenvalue weighted by molar-refractivity contribution is 0.0948. The van der Waals surface area contributed by atoms with Gasteiger partial charge < -0.3 is 10.0 Å². The number of hydrogen-bond donors (Lipinski definition) is 3. The molecule has 0 spiro atoms. The maximum absolute atomic E-state index is 11.1. The van der Waals surface area contributed by atoms with Crippen LogP contribution in [0.3, 0.4) is 0 Å². The van der Waals surface area contributed by atoms with Crippen LogP contribution < -0.4 is 11.3 Å². The van der Waals surface area contributed by atoms with Crippen molar-refractivity contribution in [3.8, 4) is 0 Å². The molecule has 0 aromatic carbocycles. The van der Waals surface area contributed by atoms with Gasteiger partial charge in [-0.3, -0.25) is 14.9 Å². The van der Waals surface area contributed by atoms with Crippen LogP contribution in [0, 0.1) is 0 Å². The Labute approximate surface area is 93.0 Å². The molecule has 8 heteroatoms. The summed E-state index contributed by atoms with van der Waals surface area (Å²) in [5, 5.41) is 16.1. The van der Waals surface area contributed by atoms with Crippen molar-refractivity contribution in [2.45, 2.75) is 6.54 Å². The second kappa shape index (κ2) is 6.16. The molecule has 0 aliphatic carbocycles. The Hall–Kier alpha value is -1.51. The smallest absolute Gasteiger partial charge is 0.287 e. The van der Waals surface area contributed by atoms with Gasteiger partial charge in [0.2, 0.25) is 0 Å². The fraction of sp³-hybridized carbons (Fsp3) is 0.625. The van der Waals surface area contributed by atoms with E-state index in [0.29, 0.717) is 19.6 Å². The first-order valence-electron chi connectivity index (χ1n) is 4.88. The number of amides is 1. The van der Waals surface area contributed by atoms with Gasteiger partial charge in [-0.25, -0.2) is 5.84 Å². The van der Waals surface area contributed by atoms with Crippen molar-refractivity contribution in [1.29, 1.82) is 0 Å². The average Bonchev–Trinajstić information content (AvgIpc) is 2.74. The Bertz CT molecular complexity index is 339. The van der Waals surface area contributed by atoms with E-state index in [1.165, 1.54) is 6.20 Å². The maximum atomic E-state index is 11.1. The molecule has 0 saturated carbocycles. The number of aliphatic hydroxyl groups excluding tert-OH is 1. The molecule has 1 amide bonds. The monoisotopic (exact) mass is 228 g/mol. The Balaban J connectivity index is 2.43. The van der Waals surface area contributed by atoms with E-state index in [1.807, 2.05) is 17.4 Å². The summed E-state index contributed by atoms with van der Waals surface area (Å²) in [7, 11) is 1.89. The van der Waals surface area contributed by atoms with E-state index in [0.717, 1.165) is 0 Å². The highest BCUT2D eigenvalue weighted by Gasteiger charge is 2.08. The number of nitrogen functional groups attached to an aromatic ring is 1. The van der Waals surface area contributed by atoms with Crippen molar-refractivity contribution in [2.24, 2.45) is 5.84 Å². The number of hydrazine groups is 1. The fourth-order valence-corrected chi connectivity index (χ4v) is 1.14. The van der Waals surface area contributed by atoms with Crippen LogP contribution in [0.1, 0.15) is 10.5 Å². The molecule has 0 atom stereocenters. The van der Waals surface area contributed by atoms with Crippen LogP contribution in [0.15, 0.2) is 6.20 Å². The highest BCUT2D eigenvalue weighted by atomic mass is 16.3. The van der Waals surface area contributed by atoms with Gasteiger partial charge in [-0.15, -0.1) is 5.10 Å². The molecule has 4 N–H and O–H groups in total. The molecule has 0 aliphatic rings. The van der Waals surface area contributed by atoms with Crippen LogP contribution in [0.2, 0.25) is 0 Å².